The molecule has 0 saturated carbocycles. The van der Waals surface area contributed by atoms with E-state index in [9.17, 15) is 4.79 Å². The fraction of sp³-hybridized carbons (Fsp3) is 0.778. The first-order chi connectivity index (χ1) is 7.01. The Morgan fingerprint density at radius 3 is 2.73 bits per heavy atom. The van der Waals surface area contributed by atoms with Crippen LogP contribution in [0.5, 0.6) is 0 Å². The van der Waals surface area contributed by atoms with E-state index >= 15 is 0 Å². The van der Waals surface area contributed by atoms with Crippen LogP contribution in [0, 0.1) is 0 Å². The standard InChI is InChI=1S/C9H20N4O2/c1-4-13(3)9(14)6-11-7(2)5-8(10)12-15/h7,11,15H,4-6H2,1-3H3,(H2,10,12). The Labute approximate surface area is 90.1 Å². The predicted octanol–water partition coefficient (Wildman–Crippen LogP) is -0.421. The average molecular weight is 216 g/mol. The third-order valence-electron chi connectivity index (χ3n) is 2.15. The number of amidine groups is 1. The van der Waals surface area contributed by atoms with Crippen LogP contribution in [-0.4, -0.2) is 48.0 Å². The van der Waals surface area contributed by atoms with E-state index in [1.165, 1.54) is 0 Å². The second-order valence-electron chi connectivity index (χ2n) is 3.49. The number of carbonyl (C=O) groups excluding carboxylic acids is 1. The van der Waals surface area contributed by atoms with Crippen LogP contribution >= 0.6 is 0 Å². The smallest absolute Gasteiger partial charge is 0.236 e. The summed E-state index contributed by atoms with van der Waals surface area (Å²) >= 11 is 0. The van der Waals surface area contributed by atoms with Crippen LogP contribution in [0.4, 0.5) is 0 Å². The molecule has 0 aromatic heterocycles. The van der Waals surface area contributed by atoms with E-state index in [1.807, 2.05) is 13.8 Å². The third kappa shape index (κ3) is 5.90. The summed E-state index contributed by atoms with van der Waals surface area (Å²) in [7, 11) is 1.75. The quantitative estimate of drug-likeness (QED) is 0.243. The molecule has 0 saturated heterocycles. The summed E-state index contributed by atoms with van der Waals surface area (Å²) in [5.41, 5.74) is 5.33. The van der Waals surface area contributed by atoms with Crippen molar-refractivity contribution in [3.05, 3.63) is 0 Å². The van der Waals surface area contributed by atoms with Gasteiger partial charge < -0.3 is 21.2 Å². The first kappa shape index (κ1) is 13.7. The monoisotopic (exact) mass is 216 g/mol. The Morgan fingerprint density at radius 1 is 1.67 bits per heavy atom. The summed E-state index contributed by atoms with van der Waals surface area (Å²) in [6.45, 7) is 4.74. The number of hydrogen-bond donors (Lipinski definition) is 3. The van der Waals surface area contributed by atoms with Crippen molar-refractivity contribution in [2.45, 2.75) is 26.3 Å². The van der Waals surface area contributed by atoms with Gasteiger partial charge in [0, 0.05) is 26.1 Å². The largest absolute Gasteiger partial charge is 0.409 e. The summed E-state index contributed by atoms with van der Waals surface area (Å²) in [5.74, 6) is 0.190. The maximum Gasteiger partial charge on any atom is 0.236 e. The lowest BCUT2D eigenvalue weighted by Gasteiger charge is -2.17. The lowest BCUT2D eigenvalue weighted by molar-refractivity contribution is -0.128. The van der Waals surface area contributed by atoms with E-state index in [4.69, 9.17) is 10.9 Å². The number of amides is 1. The minimum absolute atomic E-state index is 0.00936. The normalized spacial score (nSPS) is 13.7. The van der Waals surface area contributed by atoms with Crippen molar-refractivity contribution in [1.82, 2.24) is 10.2 Å². The van der Waals surface area contributed by atoms with Gasteiger partial charge >= 0.3 is 0 Å². The van der Waals surface area contributed by atoms with Crippen molar-refractivity contribution in [1.29, 1.82) is 0 Å². The van der Waals surface area contributed by atoms with Gasteiger partial charge in [-0.2, -0.15) is 0 Å². The van der Waals surface area contributed by atoms with Crippen molar-refractivity contribution in [2.75, 3.05) is 20.1 Å². The Morgan fingerprint density at radius 2 is 2.27 bits per heavy atom. The zero-order valence-corrected chi connectivity index (χ0v) is 9.53. The van der Waals surface area contributed by atoms with Crippen molar-refractivity contribution < 1.29 is 10.0 Å². The number of carbonyl (C=O) groups is 1. The van der Waals surface area contributed by atoms with Crippen LogP contribution in [-0.2, 0) is 4.79 Å². The number of rotatable bonds is 6. The van der Waals surface area contributed by atoms with Gasteiger partial charge in [-0.05, 0) is 13.8 Å². The van der Waals surface area contributed by atoms with Gasteiger partial charge in [0.25, 0.3) is 0 Å². The molecule has 0 fully saturated rings. The summed E-state index contributed by atoms with van der Waals surface area (Å²) in [6.07, 6.45) is 0.416. The number of nitrogens with one attached hydrogen (secondary N) is 1. The van der Waals surface area contributed by atoms with Gasteiger partial charge in [0.1, 0.15) is 5.84 Å². The molecular formula is C9H20N4O2. The molecule has 0 radical (unpaired) electrons. The highest BCUT2D eigenvalue weighted by Gasteiger charge is 2.09. The van der Waals surface area contributed by atoms with E-state index < -0.39 is 0 Å². The van der Waals surface area contributed by atoms with E-state index in [2.05, 4.69) is 10.5 Å². The molecule has 0 aromatic rings. The molecule has 4 N–H and O–H groups in total. The van der Waals surface area contributed by atoms with Crippen LogP contribution in [0.1, 0.15) is 20.3 Å². The van der Waals surface area contributed by atoms with Crippen LogP contribution in [0.25, 0.3) is 0 Å². The van der Waals surface area contributed by atoms with Gasteiger partial charge in [-0.15, -0.1) is 0 Å². The van der Waals surface area contributed by atoms with E-state index in [0.29, 0.717) is 13.0 Å². The molecule has 0 heterocycles. The van der Waals surface area contributed by atoms with Gasteiger partial charge in [-0.3, -0.25) is 4.79 Å². The van der Waals surface area contributed by atoms with Gasteiger partial charge in [-0.25, -0.2) is 0 Å². The molecule has 6 heteroatoms. The first-order valence-electron chi connectivity index (χ1n) is 4.95. The van der Waals surface area contributed by atoms with Gasteiger partial charge in [-0.1, -0.05) is 5.16 Å². The SMILES string of the molecule is CCN(C)C(=O)CNC(C)CC(N)=NO. The van der Waals surface area contributed by atoms with Gasteiger partial charge in [0.15, 0.2) is 0 Å². The maximum atomic E-state index is 11.4. The Balaban J connectivity index is 3.80. The van der Waals surface area contributed by atoms with Crippen molar-refractivity contribution >= 4 is 11.7 Å². The zero-order valence-electron chi connectivity index (χ0n) is 9.53. The molecule has 0 aliphatic heterocycles. The molecule has 0 bridgehead atoms. The fourth-order valence-electron chi connectivity index (χ4n) is 1.000. The lowest BCUT2D eigenvalue weighted by Crippen LogP contribution is -2.40. The zero-order chi connectivity index (χ0) is 11.8. The summed E-state index contributed by atoms with van der Waals surface area (Å²) in [6, 6.07) is 0.00936. The highest BCUT2D eigenvalue weighted by Crippen LogP contribution is 1.91. The minimum Gasteiger partial charge on any atom is -0.409 e. The van der Waals surface area contributed by atoms with Gasteiger partial charge in [0.2, 0.25) is 5.91 Å². The van der Waals surface area contributed by atoms with Gasteiger partial charge in [0.05, 0.1) is 6.54 Å². The van der Waals surface area contributed by atoms with Crippen LogP contribution in [0.15, 0.2) is 5.16 Å². The van der Waals surface area contributed by atoms with E-state index in [1.54, 1.807) is 11.9 Å². The van der Waals surface area contributed by atoms with Crippen LogP contribution in [0.3, 0.4) is 0 Å². The Bertz CT molecular complexity index is 230. The number of likely N-dealkylation sites (N-methyl/N-ethyl adjacent to an activating group) is 1. The topological polar surface area (TPSA) is 91.0 Å². The lowest BCUT2D eigenvalue weighted by atomic mass is 10.2. The molecule has 0 aliphatic carbocycles. The summed E-state index contributed by atoms with van der Waals surface area (Å²) < 4.78 is 0. The van der Waals surface area contributed by atoms with Crippen LogP contribution in [0.2, 0.25) is 0 Å². The number of nitrogens with two attached hydrogens (primary N) is 1. The summed E-state index contributed by atoms with van der Waals surface area (Å²) in [4.78, 5) is 13.0. The second-order valence-corrected chi connectivity index (χ2v) is 3.49. The Hall–Kier alpha value is -1.30. The third-order valence-corrected chi connectivity index (χ3v) is 2.15. The Kier molecular flexibility index (Phi) is 6.44. The second kappa shape index (κ2) is 7.05. The highest BCUT2D eigenvalue weighted by molar-refractivity contribution is 5.80. The number of hydrogen-bond acceptors (Lipinski definition) is 4. The first-order valence-corrected chi connectivity index (χ1v) is 4.95. The molecule has 1 atom stereocenters. The van der Waals surface area contributed by atoms with E-state index in [-0.39, 0.29) is 24.3 Å². The van der Waals surface area contributed by atoms with E-state index in [0.717, 1.165) is 0 Å². The molecule has 1 unspecified atom stereocenters. The molecule has 0 spiro atoms. The molecule has 0 aromatic carbocycles. The highest BCUT2D eigenvalue weighted by atomic mass is 16.4. The van der Waals surface area contributed by atoms with Crippen molar-refractivity contribution in [3.8, 4) is 0 Å². The van der Waals surface area contributed by atoms with Crippen molar-refractivity contribution in [2.24, 2.45) is 10.9 Å². The molecule has 0 aliphatic rings. The average Bonchev–Trinajstić information content (AvgIpc) is 2.24. The molecule has 1 amide bonds. The fourth-order valence-corrected chi connectivity index (χ4v) is 1.000. The molecular weight excluding hydrogens is 196 g/mol. The molecule has 15 heavy (non-hydrogen) atoms. The number of nitrogens with zero attached hydrogens (tertiary/aromatic N) is 2. The summed E-state index contributed by atoms with van der Waals surface area (Å²) in [5, 5.41) is 14.2. The minimum atomic E-state index is 0.00936. The molecule has 88 valence electrons. The predicted molar refractivity (Wildman–Crippen MR) is 58.8 cm³/mol. The molecule has 0 rings (SSSR count). The van der Waals surface area contributed by atoms with Crippen LogP contribution < -0.4 is 11.1 Å². The number of oxime groups is 1. The van der Waals surface area contributed by atoms with Crippen molar-refractivity contribution in [3.63, 3.8) is 0 Å². The molecule has 6 nitrogen and oxygen atoms in total. The maximum absolute atomic E-state index is 11.4.